The smallest absolute Gasteiger partial charge is 0.327 e. The van der Waals surface area contributed by atoms with Crippen LogP contribution in [0.25, 0.3) is 0 Å². The van der Waals surface area contributed by atoms with E-state index in [1.165, 1.54) is 30.4 Å². The fraction of sp³-hybridized carbons (Fsp3) is 0.727. The summed E-state index contributed by atoms with van der Waals surface area (Å²) in [6.45, 7) is 1.28. The Morgan fingerprint density at radius 3 is 2.10 bits per heavy atom. The molecule has 0 saturated carbocycles. The van der Waals surface area contributed by atoms with Gasteiger partial charge in [-0.15, -0.1) is 0 Å². The summed E-state index contributed by atoms with van der Waals surface area (Å²) < 4.78 is 0. The van der Waals surface area contributed by atoms with Crippen LogP contribution in [0, 0.1) is 0 Å². The Morgan fingerprint density at radius 2 is 1.65 bits per heavy atom. The highest BCUT2D eigenvalue weighted by Gasteiger charge is 2.17. The van der Waals surface area contributed by atoms with Crippen molar-refractivity contribution >= 4 is 41.4 Å². The van der Waals surface area contributed by atoms with Crippen LogP contribution in [-0.2, 0) is 14.4 Å². The number of carbonyl (C=O) groups is 3. The van der Waals surface area contributed by atoms with Gasteiger partial charge in [-0.2, -0.15) is 23.5 Å². The number of aliphatic carboxylic acids is 2. The Kier molecular flexibility index (Phi) is 10.3. The first-order valence-electron chi connectivity index (χ1n) is 5.98. The van der Waals surface area contributed by atoms with Gasteiger partial charge in [0, 0.05) is 18.4 Å². The van der Waals surface area contributed by atoms with Crippen LogP contribution >= 0.6 is 23.5 Å². The third kappa shape index (κ3) is 9.93. The summed E-state index contributed by atoms with van der Waals surface area (Å²) in [5.41, 5.74) is 5.35. The molecule has 0 heterocycles. The standard InChI is InChI=1S/C11H20N2O5S2/c1-7(14)13-9(11(17)18)6-20-4-2-3-19-5-8(12)10(15)16/h8-9H,2-6,12H2,1H3,(H,13,14)(H,15,16)(H,17,18)/t8-,9-/m0/s1. The van der Waals surface area contributed by atoms with Gasteiger partial charge in [-0.3, -0.25) is 9.59 Å². The molecule has 5 N–H and O–H groups in total. The second kappa shape index (κ2) is 10.8. The summed E-state index contributed by atoms with van der Waals surface area (Å²) in [5, 5.41) is 19.8. The molecule has 0 aromatic heterocycles. The molecule has 0 aliphatic carbocycles. The Bertz CT molecular complexity index is 341. The van der Waals surface area contributed by atoms with Crippen molar-refractivity contribution in [3.63, 3.8) is 0 Å². The van der Waals surface area contributed by atoms with E-state index >= 15 is 0 Å². The first-order chi connectivity index (χ1) is 9.34. The van der Waals surface area contributed by atoms with Gasteiger partial charge in [-0.1, -0.05) is 0 Å². The number of hydrogen-bond acceptors (Lipinski definition) is 6. The second-order valence-corrected chi connectivity index (χ2v) is 6.34. The molecule has 1 amide bonds. The Labute approximate surface area is 126 Å². The summed E-state index contributed by atoms with van der Waals surface area (Å²) >= 11 is 2.90. The molecule has 0 aliphatic heterocycles. The number of nitrogens with two attached hydrogens (primary N) is 1. The van der Waals surface area contributed by atoms with Crippen LogP contribution < -0.4 is 11.1 Å². The van der Waals surface area contributed by atoms with E-state index in [0.29, 0.717) is 11.5 Å². The molecular formula is C11H20N2O5S2. The fourth-order valence-corrected chi connectivity index (χ4v) is 3.24. The van der Waals surface area contributed by atoms with Crippen LogP contribution in [-0.4, -0.2) is 63.2 Å². The van der Waals surface area contributed by atoms with E-state index in [1.807, 2.05) is 0 Å². The average molecular weight is 324 g/mol. The third-order valence-electron chi connectivity index (χ3n) is 2.15. The second-order valence-electron chi connectivity index (χ2n) is 4.04. The number of amides is 1. The highest BCUT2D eigenvalue weighted by molar-refractivity contribution is 8.00. The summed E-state index contributed by atoms with van der Waals surface area (Å²) in [7, 11) is 0. The minimum absolute atomic E-state index is 0.314. The molecule has 2 atom stereocenters. The maximum atomic E-state index is 10.8. The Hall–Kier alpha value is -0.930. The molecule has 7 nitrogen and oxygen atoms in total. The number of rotatable bonds is 11. The average Bonchev–Trinajstić information content (AvgIpc) is 2.34. The van der Waals surface area contributed by atoms with Gasteiger partial charge in [0.2, 0.25) is 5.91 Å². The van der Waals surface area contributed by atoms with E-state index < -0.39 is 24.0 Å². The lowest BCUT2D eigenvalue weighted by atomic mass is 10.3. The highest BCUT2D eigenvalue weighted by atomic mass is 32.2. The number of hydrogen-bond donors (Lipinski definition) is 4. The summed E-state index contributed by atoms with van der Waals surface area (Å²) in [5.74, 6) is -0.222. The zero-order valence-corrected chi connectivity index (χ0v) is 12.8. The molecule has 0 aromatic rings. The van der Waals surface area contributed by atoms with E-state index in [1.54, 1.807) is 0 Å². The van der Waals surface area contributed by atoms with Crippen LogP contribution in [0.15, 0.2) is 0 Å². The normalized spacial score (nSPS) is 13.5. The predicted octanol–water partition coefficient (Wildman–Crippen LogP) is -0.156. The lowest BCUT2D eigenvalue weighted by Gasteiger charge is -2.12. The lowest BCUT2D eigenvalue weighted by molar-refractivity contribution is -0.140. The maximum Gasteiger partial charge on any atom is 0.327 e. The van der Waals surface area contributed by atoms with Gasteiger partial charge in [-0.25, -0.2) is 4.79 Å². The molecule has 116 valence electrons. The number of thioether (sulfide) groups is 2. The van der Waals surface area contributed by atoms with Gasteiger partial charge in [0.25, 0.3) is 0 Å². The van der Waals surface area contributed by atoms with Gasteiger partial charge in [-0.05, 0) is 17.9 Å². The largest absolute Gasteiger partial charge is 0.480 e. The minimum Gasteiger partial charge on any atom is -0.480 e. The first kappa shape index (κ1) is 19.1. The first-order valence-corrected chi connectivity index (χ1v) is 8.29. The molecule has 0 fully saturated rings. The van der Waals surface area contributed by atoms with Gasteiger partial charge in [0.1, 0.15) is 12.1 Å². The van der Waals surface area contributed by atoms with E-state index in [4.69, 9.17) is 15.9 Å². The molecular weight excluding hydrogens is 304 g/mol. The number of carbonyl (C=O) groups excluding carboxylic acids is 1. The summed E-state index contributed by atoms with van der Waals surface area (Å²) in [4.78, 5) is 32.1. The third-order valence-corrected chi connectivity index (χ3v) is 4.47. The summed E-state index contributed by atoms with van der Waals surface area (Å²) in [6.07, 6.45) is 0.827. The van der Waals surface area contributed by atoms with Gasteiger partial charge < -0.3 is 21.3 Å². The van der Waals surface area contributed by atoms with Crippen LogP contribution in [0.3, 0.4) is 0 Å². The quantitative estimate of drug-likeness (QED) is 0.386. The molecule has 9 heteroatoms. The minimum atomic E-state index is -1.05. The predicted molar refractivity (Wildman–Crippen MR) is 80.1 cm³/mol. The van der Waals surface area contributed by atoms with Crippen LogP contribution in [0.1, 0.15) is 13.3 Å². The van der Waals surface area contributed by atoms with Crippen molar-refractivity contribution in [2.24, 2.45) is 5.73 Å². The maximum absolute atomic E-state index is 10.8. The van der Waals surface area contributed by atoms with Crippen molar-refractivity contribution in [2.45, 2.75) is 25.4 Å². The lowest BCUT2D eigenvalue weighted by Crippen LogP contribution is -2.41. The van der Waals surface area contributed by atoms with Crippen molar-refractivity contribution in [2.75, 3.05) is 23.0 Å². The van der Waals surface area contributed by atoms with E-state index in [2.05, 4.69) is 5.32 Å². The fourth-order valence-electron chi connectivity index (χ4n) is 1.17. The molecule has 0 aromatic carbocycles. The monoisotopic (exact) mass is 324 g/mol. The SMILES string of the molecule is CC(=O)N[C@@H](CSCCCSC[C@H](N)C(=O)O)C(=O)O. The zero-order valence-electron chi connectivity index (χ0n) is 11.2. The highest BCUT2D eigenvalue weighted by Crippen LogP contribution is 2.10. The molecule has 0 aliphatic rings. The zero-order chi connectivity index (χ0) is 15.5. The van der Waals surface area contributed by atoms with Crippen molar-refractivity contribution in [1.82, 2.24) is 5.32 Å². The van der Waals surface area contributed by atoms with E-state index in [-0.39, 0.29) is 5.91 Å². The molecule has 0 unspecified atom stereocenters. The van der Waals surface area contributed by atoms with E-state index in [9.17, 15) is 14.4 Å². The molecule has 0 bridgehead atoms. The number of nitrogens with one attached hydrogen (secondary N) is 1. The molecule has 0 saturated heterocycles. The van der Waals surface area contributed by atoms with Gasteiger partial charge in [0.05, 0.1) is 0 Å². The van der Waals surface area contributed by atoms with Crippen molar-refractivity contribution < 1.29 is 24.6 Å². The van der Waals surface area contributed by atoms with Crippen molar-refractivity contribution in [1.29, 1.82) is 0 Å². The van der Waals surface area contributed by atoms with Gasteiger partial charge >= 0.3 is 11.9 Å². The number of carboxylic acids is 2. The van der Waals surface area contributed by atoms with Crippen LogP contribution in [0.5, 0.6) is 0 Å². The van der Waals surface area contributed by atoms with Crippen molar-refractivity contribution in [3.8, 4) is 0 Å². The molecule has 0 rings (SSSR count). The van der Waals surface area contributed by atoms with Crippen LogP contribution in [0.2, 0.25) is 0 Å². The van der Waals surface area contributed by atoms with Gasteiger partial charge in [0.15, 0.2) is 0 Å². The number of carboxylic acid groups (broad SMARTS) is 2. The summed E-state index contributed by atoms with van der Waals surface area (Å²) in [6, 6.07) is -1.71. The van der Waals surface area contributed by atoms with Crippen molar-refractivity contribution in [3.05, 3.63) is 0 Å². The van der Waals surface area contributed by atoms with Crippen LogP contribution in [0.4, 0.5) is 0 Å². The Morgan fingerprint density at radius 1 is 1.10 bits per heavy atom. The van der Waals surface area contributed by atoms with E-state index in [0.717, 1.165) is 17.9 Å². The Balaban J connectivity index is 3.62. The molecule has 20 heavy (non-hydrogen) atoms. The topological polar surface area (TPSA) is 130 Å². The molecule has 0 spiro atoms. The molecule has 0 radical (unpaired) electrons.